The molecule has 0 aromatic heterocycles. The van der Waals surface area contributed by atoms with Gasteiger partial charge in [-0.05, 0) is 49.4 Å². The van der Waals surface area contributed by atoms with E-state index in [1.807, 2.05) is 61.3 Å². The van der Waals surface area contributed by atoms with Gasteiger partial charge in [-0.2, -0.15) is 0 Å². The largest absolute Gasteiger partial charge is 0.454 e. The molecule has 0 saturated heterocycles. The Morgan fingerprint density at radius 1 is 1.20 bits per heavy atom. The Hall–Kier alpha value is -2.05. The Morgan fingerprint density at radius 2 is 1.92 bits per heavy atom. The lowest BCUT2D eigenvalue weighted by molar-refractivity contribution is -0.122. The van der Waals surface area contributed by atoms with Gasteiger partial charge in [-0.3, -0.25) is 9.69 Å². The van der Waals surface area contributed by atoms with E-state index in [0.29, 0.717) is 6.54 Å². The molecule has 6 heteroatoms. The van der Waals surface area contributed by atoms with Crippen molar-refractivity contribution in [2.24, 2.45) is 0 Å². The van der Waals surface area contributed by atoms with E-state index in [0.717, 1.165) is 28.1 Å². The fraction of sp³-hybridized carbons (Fsp3) is 0.316. The molecule has 25 heavy (non-hydrogen) atoms. The summed E-state index contributed by atoms with van der Waals surface area (Å²) in [5, 5.41) is 3.03. The Balaban J connectivity index is 1.52. The van der Waals surface area contributed by atoms with Gasteiger partial charge < -0.3 is 14.8 Å². The number of benzene rings is 2. The van der Waals surface area contributed by atoms with Crippen molar-refractivity contribution in [3.63, 3.8) is 0 Å². The van der Waals surface area contributed by atoms with Crippen molar-refractivity contribution in [1.82, 2.24) is 10.2 Å². The molecule has 132 valence electrons. The van der Waals surface area contributed by atoms with Crippen molar-refractivity contribution in [2.45, 2.75) is 19.5 Å². The number of hydrogen-bond acceptors (Lipinski definition) is 4. The van der Waals surface area contributed by atoms with Gasteiger partial charge in [0.25, 0.3) is 0 Å². The molecule has 3 rings (SSSR count). The van der Waals surface area contributed by atoms with Crippen molar-refractivity contribution >= 4 is 21.8 Å². The average Bonchev–Trinajstić information content (AvgIpc) is 3.04. The molecule has 1 N–H and O–H groups in total. The number of fused-ring (bicyclic) bond motifs is 1. The lowest BCUT2D eigenvalue weighted by Crippen LogP contribution is -2.36. The maximum atomic E-state index is 12.3. The van der Waals surface area contributed by atoms with Crippen LogP contribution < -0.4 is 14.8 Å². The van der Waals surface area contributed by atoms with Gasteiger partial charge in [0.2, 0.25) is 12.7 Å². The van der Waals surface area contributed by atoms with Crippen LogP contribution in [0.3, 0.4) is 0 Å². The number of carbonyl (C=O) groups is 1. The van der Waals surface area contributed by atoms with Gasteiger partial charge in [-0.15, -0.1) is 0 Å². The number of likely N-dealkylation sites (N-methyl/N-ethyl adjacent to an activating group) is 1. The minimum Gasteiger partial charge on any atom is -0.454 e. The Morgan fingerprint density at radius 3 is 2.68 bits per heavy atom. The Labute approximate surface area is 156 Å². The van der Waals surface area contributed by atoms with Gasteiger partial charge in [0, 0.05) is 11.0 Å². The molecular formula is C19H21BrN2O3. The highest BCUT2D eigenvalue weighted by Gasteiger charge is 2.17. The lowest BCUT2D eigenvalue weighted by Gasteiger charge is -2.19. The number of nitrogens with one attached hydrogen (secondary N) is 1. The first-order valence-electron chi connectivity index (χ1n) is 8.13. The van der Waals surface area contributed by atoms with Crippen LogP contribution >= 0.6 is 15.9 Å². The second-order valence-electron chi connectivity index (χ2n) is 6.20. The highest BCUT2D eigenvalue weighted by atomic mass is 79.9. The number of amides is 1. The van der Waals surface area contributed by atoms with Crippen molar-refractivity contribution < 1.29 is 14.3 Å². The summed E-state index contributed by atoms with van der Waals surface area (Å²) >= 11 is 3.43. The molecule has 0 aliphatic carbocycles. The number of carbonyl (C=O) groups excluding carboxylic acids is 1. The highest BCUT2D eigenvalue weighted by molar-refractivity contribution is 9.10. The summed E-state index contributed by atoms with van der Waals surface area (Å²) in [6, 6.07) is 13.8. The van der Waals surface area contributed by atoms with Gasteiger partial charge in [0.15, 0.2) is 11.5 Å². The summed E-state index contributed by atoms with van der Waals surface area (Å²) in [6.45, 7) is 3.27. The molecule has 0 saturated carbocycles. The molecule has 1 aliphatic heterocycles. The molecule has 2 aromatic carbocycles. The maximum absolute atomic E-state index is 12.3. The first kappa shape index (κ1) is 17.8. The van der Waals surface area contributed by atoms with Crippen LogP contribution in [0.25, 0.3) is 0 Å². The minimum absolute atomic E-state index is 0.00946. The van der Waals surface area contributed by atoms with Crippen molar-refractivity contribution in [2.75, 3.05) is 20.4 Å². The van der Waals surface area contributed by atoms with Gasteiger partial charge >= 0.3 is 0 Å². The topological polar surface area (TPSA) is 50.8 Å². The molecule has 0 spiro atoms. The van der Waals surface area contributed by atoms with Gasteiger partial charge in [0.1, 0.15) is 0 Å². The lowest BCUT2D eigenvalue weighted by atomic mass is 10.1. The normalized spacial score (nSPS) is 13.8. The van der Waals surface area contributed by atoms with Crippen LogP contribution in [0.2, 0.25) is 0 Å². The summed E-state index contributed by atoms with van der Waals surface area (Å²) in [4.78, 5) is 14.3. The second-order valence-corrected chi connectivity index (χ2v) is 7.12. The van der Waals surface area contributed by atoms with E-state index in [9.17, 15) is 4.79 Å². The predicted molar refractivity (Wildman–Crippen MR) is 99.6 cm³/mol. The summed E-state index contributed by atoms with van der Waals surface area (Å²) in [7, 11) is 1.94. The molecule has 1 heterocycles. The first-order chi connectivity index (χ1) is 12.0. The third-order valence-corrected chi connectivity index (χ3v) is 4.58. The van der Waals surface area contributed by atoms with E-state index < -0.39 is 0 Å². The number of halogens is 1. The van der Waals surface area contributed by atoms with Gasteiger partial charge in [-0.25, -0.2) is 0 Å². The fourth-order valence-electron chi connectivity index (χ4n) is 2.76. The van der Waals surface area contributed by atoms with Crippen LogP contribution in [-0.4, -0.2) is 31.2 Å². The summed E-state index contributed by atoms with van der Waals surface area (Å²) < 4.78 is 11.7. The maximum Gasteiger partial charge on any atom is 0.234 e. The van der Waals surface area contributed by atoms with Crippen LogP contribution in [0.4, 0.5) is 0 Å². The van der Waals surface area contributed by atoms with Gasteiger partial charge in [0.05, 0.1) is 12.6 Å². The minimum atomic E-state index is -0.0944. The van der Waals surface area contributed by atoms with E-state index in [1.54, 1.807) is 0 Å². The monoisotopic (exact) mass is 404 g/mol. The Bertz CT molecular complexity index is 749. The number of nitrogens with zero attached hydrogens (tertiary/aromatic N) is 1. The Kier molecular flexibility index (Phi) is 5.60. The van der Waals surface area contributed by atoms with Crippen LogP contribution in [0.5, 0.6) is 11.5 Å². The summed E-state index contributed by atoms with van der Waals surface area (Å²) in [5.41, 5.74) is 2.16. The highest BCUT2D eigenvalue weighted by Crippen LogP contribution is 2.34. The van der Waals surface area contributed by atoms with Crippen LogP contribution in [0.1, 0.15) is 24.1 Å². The molecule has 0 radical (unpaired) electrons. The average molecular weight is 405 g/mol. The third-order valence-electron chi connectivity index (χ3n) is 4.05. The SMILES string of the molecule is C[C@H](NC(=O)CN(C)Cc1ccc(Br)cc1)c1ccc2c(c1)OCO2. The number of rotatable bonds is 6. The van der Waals surface area contributed by atoms with E-state index in [2.05, 4.69) is 21.2 Å². The number of hydrogen-bond donors (Lipinski definition) is 1. The van der Waals surface area contributed by atoms with Crippen molar-refractivity contribution in [1.29, 1.82) is 0 Å². The van der Waals surface area contributed by atoms with E-state index in [-0.39, 0.29) is 18.7 Å². The second kappa shape index (κ2) is 7.89. The van der Waals surface area contributed by atoms with Crippen molar-refractivity contribution in [3.8, 4) is 11.5 Å². The molecule has 5 nitrogen and oxygen atoms in total. The first-order valence-corrected chi connectivity index (χ1v) is 8.92. The standard InChI is InChI=1S/C19H21BrN2O3/c1-13(15-5-8-17-18(9-15)25-12-24-17)21-19(23)11-22(2)10-14-3-6-16(20)7-4-14/h3-9,13H,10-12H2,1-2H3,(H,21,23)/t13-/m0/s1. The molecule has 1 aliphatic rings. The molecule has 0 unspecified atom stereocenters. The van der Waals surface area contributed by atoms with E-state index in [4.69, 9.17) is 9.47 Å². The quantitative estimate of drug-likeness (QED) is 0.800. The summed E-state index contributed by atoms with van der Waals surface area (Å²) in [5.74, 6) is 1.47. The molecule has 0 bridgehead atoms. The zero-order valence-electron chi connectivity index (χ0n) is 14.3. The fourth-order valence-corrected chi connectivity index (χ4v) is 3.02. The van der Waals surface area contributed by atoms with E-state index >= 15 is 0 Å². The molecule has 1 amide bonds. The van der Waals surface area contributed by atoms with E-state index in [1.165, 1.54) is 5.56 Å². The zero-order valence-corrected chi connectivity index (χ0v) is 15.9. The third kappa shape index (κ3) is 4.74. The summed E-state index contributed by atoms with van der Waals surface area (Å²) in [6.07, 6.45) is 0. The molecule has 1 atom stereocenters. The zero-order chi connectivity index (χ0) is 17.8. The molecule has 0 fully saturated rings. The predicted octanol–water partition coefficient (Wildman–Crippen LogP) is 3.49. The number of ether oxygens (including phenoxy) is 2. The van der Waals surface area contributed by atoms with Crippen LogP contribution in [0.15, 0.2) is 46.9 Å². The smallest absolute Gasteiger partial charge is 0.234 e. The van der Waals surface area contributed by atoms with Gasteiger partial charge in [-0.1, -0.05) is 34.1 Å². The van der Waals surface area contributed by atoms with Crippen LogP contribution in [-0.2, 0) is 11.3 Å². The molecular weight excluding hydrogens is 384 g/mol. The van der Waals surface area contributed by atoms with Crippen molar-refractivity contribution in [3.05, 3.63) is 58.1 Å². The van der Waals surface area contributed by atoms with Crippen LogP contribution in [0, 0.1) is 0 Å². The molecule has 2 aromatic rings.